The van der Waals surface area contributed by atoms with Gasteiger partial charge >= 0.3 is 0 Å². The molecule has 0 aromatic carbocycles. The third kappa shape index (κ3) is 2.52. The lowest BCUT2D eigenvalue weighted by Gasteiger charge is -2.17. The summed E-state index contributed by atoms with van der Waals surface area (Å²) in [7, 11) is 0. The molecule has 0 aliphatic heterocycles. The van der Waals surface area contributed by atoms with E-state index in [0.717, 1.165) is 0 Å². The van der Waals surface area contributed by atoms with E-state index in [-0.39, 0.29) is 10.8 Å². The van der Waals surface area contributed by atoms with Crippen molar-refractivity contribution in [3.05, 3.63) is 28.8 Å². The molecule has 2 rings (SSSR count). The van der Waals surface area contributed by atoms with E-state index >= 15 is 0 Å². The zero-order valence-corrected chi connectivity index (χ0v) is 12.4. The maximum atomic E-state index is 4.80. The van der Waals surface area contributed by atoms with Gasteiger partial charge in [0.15, 0.2) is 0 Å². The van der Waals surface area contributed by atoms with Gasteiger partial charge < -0.3 is 0 Å². The Morgan fingerprint density at radius 3 is 2.12 bits per heavy atom. The molecule has 0 radical (unpaired) electrons. The summed E-state index contributed by atoms with van der Waals surface area (Å²) in [5.74, 6) is 0. The Balaban J connectivity index is 2.56. The molecule has 92 valence electrons. The van der Waals surface area contributed by atoms with E-state index in [9.17, 15) is 0 Å². The monoisotopic (exact) mass is 247 g/mol. The molecule has 0 atom stereocenters. The molecule has 17 heavy (non-hydrogen) atoms. The Kier molecular flexibility index (Phi) is 2.81. The molecule has 0 spiro atoms. The minimum Gasteiger partial charge on any atom is -0.241 e. The Morgan fingerprint density at radius 1 is 0.941 bits per heavy atom. The van der Waals surface area contributed by atoms with Gasteiger partial charge in [-0.15, -0.1) is 11.3 Å². The average Bonchev–Trinajstić information content (AvgIpc) is 2.57. The predicted octanol–water partition coefficient (Wildman–Crippen LogP) is 4.89. The van der Waals surface area contributed by atoms with Gasteiger partial charge in [0.05, 0.1) is 0 Å². The first-order valence-corrected chi connectivity index (χ1v) is 6.91. The van der Waals surface area contributed by atoms with Crippen molar-refractivity contribution in [1.29, 1.82) is 0 Å². The van der Waals surface area contributed by atoms with Crippen molar-refractivity contribution in [1.82, 2.24) is 4.98 Å². The van der Waals surface area contributed by atoms with Crippen molar-refractivity contribution in [3.8, 4) is 0 Å². The summed E-state index contributed by atoms with van der Waals surface area (Å²) >= 11 is 1.82. The summed E-state index contributed by atoms with van der Waals surface area (Å²) < 4.78 is 0. The number of nitrogens with zero attached hydrogens (tertiary/aromatic N) is 1. The lowest BCUT2D eigenvalue weighted by Crippen LogP contribution is -2.12. The number of rotatable bonds is 0. The molecule has 0 aliphatic carbocycles. The Labute approximate surface area is 108 Å². The van der Waals surface area contributed by atoms with Crippen molar-refractivity contribution >= 4 is 21.6 Å². The summed E-state index contributed by atoms with van der Waals surface area (Å²) in [5.41, 5.74) is 1.51. The van der Waals surface area contributed by atoms with Gasteiger partial charge in [-0.1, -0.05) is 47.6 Å². The summed E-state index contributed by atoms with van der Waals surface area (Å²) in [6, 6.07) is 6.63. The fraction of sp³-hybridized carbons (Fsp3) is 0.533. The lowest BCUT2D eigenvalue weighted by atomic mass is 9.91. The molecular weight excluding hydrogens is 226 g/mol. The molecule has 0 aliphatic rings. The van der Waals surface area contributed by atoms with Crippen LogP contribution in [-0.4, -0.2) is 4.98 Å². The number of fused-ring (bicyclic) bond motifs is 1. The highest BCUT2D eigenvalue weighted by Crippen LogP contribution is 2.34. The molecule has 2 aromatic heterocycles. The fourth-order valence-electron chi connectivity index (χ4n) is 1.70. The van der Waals surface area contributed by atoms with E-state index < -0.39 is 0 Å². The van der Waals surface area contributed by atoms with Crippen molar-refractivity contribution in [2.75, 3.05) is 0 Å². The van der Waals surface area contributed by atoms with Crippen LogP contribution in [0, 0.1) is 0 Å². The van der Waals surface area contributed by atoms with Crippen LogP contribution in [0.5, 0.6) is 0 Å². The van der Waals surface area contributed by atoms with E-state index in [0.29, 0.717) is 0 Å². The second kappa shape index (κ2) is 3.81. The summed E-state index contributed by atoms with van der Waals surface area (Å²) in [5, 5.41) is 1.27. The standard InChI is InChI=1S/C15H21NS/c1-14(2,3)11-8-7-10-9-12(15(4,5)6)17-13(10)16-11/h7-9H,1-6H3. The molecule has 0 saturated carbocycles. The first-order chi connectivity index (χ1) is 7.68. The maximum absolute atomic E-state index is 4.80. The molecule has 0 unspecified atom stereocenters. The van der Waals surface area contributed by atoms with Gasteiger partial charge in [0.1, 0.15) is 4.83 Å². The van der Waals surface area contributed by atoms with Crippen LogP contribution >= 0.6 is 11.3 Å². The number of thiophene rings is 1. The van der Waals surface area contributed by atoms with E-state index in [1.807, 2.05) is 11.3 Å². The second-order valence-electron chi connectivity index (χ2n) is 6.70. The Hall–Kier alpha value is -0.890. The van der Waals surface area contributed by atoms with E-state index in [4.69, 9.17) is 4.98 Å². The summed E-state index contributed by atoms with van der Waals surface area (Å²) in [6.45, 7) is 13.4. The number of aromatic nitrogens is 1. The quantitative estimate of drug-likeness (QED) is 0.646. The first-order valence-electron chi connectivity index (χ1n) is 6.09. The smallest absolute Gasteiger partial charge is 0.123 e. The number of hydrogen-bond donors (Lipinski definition) is 0. The SMILES string of the molecule is CC(C)(C)c1ccc2cc(C(C)(C)C)sc2n1. The normalized spacial score (nSPS) is 13.3. The van der Waals surface area contributed by atoms with Crippen LogP contribution in [0.15, 0.2) is 18.2 Å². The van der Waals surface area contributed by atoms with E-state index in [2.05, 4.69) is 59.7 Å². The van der Waals surface area contributed by atoms with Crippen LogP contribution in [0.1, 0.15) is 52.1 Å². The maximum Gasteiger partial charge on any atom is 0.123 e. The summed E-state index contributed by atoms with van der Waals surface area (Å²) in [6.07, 6.45) is 0. The second-order valence-corrected chi connectivity index (χ2v) is 7.73. The molecule has 0 fully saturated rings. The average molecular weight is 247 g/mol. The lowest BCUT2D eigenvalue weighted by molar-refractivity contribution is 0.572. The van der Waals surface area contributed by atoms with Crippen LogP contribution in [0.2, 0.25) is 0 Å². The number of pyridine rings is 1. The predicted molar refractivity (Wildman–Crippen MR) is 77.0 cm³/mol. The Bertz CT molecular complexity index is 526. The Morgan fingerprint density at radius 2 is 1.59 bits per heavy atom. The van der Waals surface area contributed by atoms with Crippen LogP contribution < -0.4 is 0 Å². The molecule has 0 N–H and O–H groups in total. The molecule has 0 saturated heterocycles. The van der Waals surface area contributed by atoms with Gasteiger partial charge in [-0.25, -0.2) is 4.98 Å². The van der Waals surface area contributed by atoms with E-state index in [1.54, 1.807) is 0 Å². The molecule has 1 nitrogen and oxygen atoms in total. The fourth-order valence-corrected chi connectivity index (χ4v) is 2.79. The molecule has 2 heteroatoms. The van der Waals surface area contributed by atoms with Gasteiger partial charge in [-0.05, 0) is 17.5 Å². The van der Waals surface area contributed by atoms with Crippen molar-refractivity contribution in [2.24, 2.45) is 0 Å². The van der Waals surface area contributed by atoms with Crippen LogP contribution in [0.3, 0.4) is 0 Å². The zero-order chi connectivity index (χ0) is 12.8. The van der Waals surface area contributed by atoms with Crippen LogP contribution in [0.4, 0.5) is 0 Å². The minimum absolute atomic E-state index is 0.125. The zero-order valence-electron chi connectivity index (χ0n) is 11.6. The van der Waals surface area contributed by atoms with Gasteiger partial charge in [0, 0.05) is 21.4 Å². The highest BCUT2D eigenvalue weighted by atomic mass is 32.1. The van der Waals surface area contributed by atoms with Gasteiger partial charge in [-0.2, -0.15) is 0 Å². The molecule has 2 heterocycles. The molecule has 0 amide bonds. The van der Waals surface area contributed by atoms with Gasteiger partial charge in [0.25, 0.3) is 0 Å². The van der Waals surface area contributed by atoms with E-state index in [1.165, 1.54) is 20.8 Å². The third-order valence-electron chi connectivity index (χ3n) is 2.89. The van der Waals surface area contributed by atoms with Crippen molar-refractivity contribution in [2.45, 2.75) is 52.4 Å². The third-order valence-corrected chi connectivity index (χ3v) is 4.36. The van der Waals surface area contributed by atoms with Crippen LogP contribution in [-0.2, 0) is 10.8 Å². The largest absolute Gasteiger partial charge is 0.241 e. The first kappa shape index (κ1) is 12.6. The summed E-state index contributed by atoms with van der Waals surface area (Å²) in [4.78, 5) is 7.38. The molecule has 0 bridgehead atoms. The highest BCUT2D eigenvalue weighted by Gasteiger charge is 2.19. The highest BCUT2D eigenvalue weighted by molar-refractivity contribution is 7.18. The van der Waals surface area contributed by atoms with Crippen molar-refractivity contribution < 1.29 is 0 Å². The van der Waals surface area contributed by atoms with Crippen molar-refractivity contribution in [3.63, 3.8) is 0 Å². The molecular formula is C15H21NS. The number of hydrogen-bond acceptors (Lipinski definition) is 2. The minimum atomic E-state index is 0.125. The van der Waals surface area contributed by atoms with Gasteiger partial charge in [-0.3, -0.25) is 0 Å². The topological polar surface area (TPSA) is 12.9 Å². The van der Waals surface area contributed by atoms with Gasteiger partial charge in [0.2, 0.25) is 0 Å². The molecule has 2 aromatic rings. The van der Waals surface area contributed by atoms with Crippen LogP contribution in [0.25, 0.3) is 10.2 Å².